The summed E-state index contributed by atoms with van der Waals surface area (Å²) >= 11 is 0. The van der Waals surface area contributed by atoms with Gasteiger partial charge in [-0.15, -0.1) is 0 Å². The van der Waals surface area contributed by atoms with Crippen LogP contribution in [-0.2, 0) is 9.59 Å². The highest BCUT2D eigenvalue weighted by Crippen LogP contribution is 2.54. The lowest BCUT2D eigenvalue weighted by Crippen LogP contribution is -2.41. The first-order valence-electron chi connectivity index (χ1n) is 12.2. The minimum absolute atomic E-state index is 0.0201. The molecular weight excluding hydrogens is 436 g/mol. The van der Waals surface area contributed by atoms with E-state index >= 15 is 0 Å². The van der Waals surface area contributed by atoms with E-state index in [-0.39, 0.29) is 35.7 Å². The Balaban J connectivity index is 1.43. The fraction of sp³-hybridized carbons (Fsp3) is 0.276. The molecule has 6 heteroatoms. The number of likely N-dealkylation sites (tertiary alicyclic amines) is 1. The number of amides is 2. The van der Waals surface area contributed by atoms with Crippen LogP contribution in [0.25, 0.3) is 0 Å². The monoisotopic (exact) mass is 464 g/mol. The van der Waals surface area contributed by atoms with Gasteiger partial charge in [-0.05, 0) is 36.1 Å². The van der Waals surface area contributed by atoms with Crippen LogP contribution in [0.5, 0.6) is 0 Å². The Morgan fingerprint density at radius 3 is 1.97 bits per heavy atom. The molecule has 3 aromatic carbocycles. The SMILES string of the molecule is N=C(N)c1ccc([C@H]2[C@H]3C(=O)N(C(c4ccccc4)c4ccccc4)C(=O)[C@H]3[C@@H]3CCCN32)cc1. The second kappa shape index (κ2) is 8.47. The Morgan fingerprint density at radius 1 is 0.829 bits per heavy atom. The lowest BCUT2D eigenvalue weighted by Gasteiger charge is -2.32. The number of carbonyl (C=O) groups is 2. The van der Waals surface area contributed by atoms with Gasteiger partial charge in [0.05, 0.1) is 17.9 Å². The lowest BCUT2D eigenvalue weighted by atomic mass is 9.85. The first-order valence-corrected chi connectivity index (χ1v) is 12.2. The zero-order chi connectivity index (χ0) is 24.1. The van der Waals surface area contributed by atoms with Crippen molar-refractivity contribution < 1.29 is 9.59 Å². The van der Waals surface area contributed by atoms with Crippen LogP contribution in [0.15, 0.2) is 84.9 Å². The standard InChI is InChI=1S/C29H28N4O2/c30-27(31)21-15-13-20(14-16-21)26-24-23(22-12-7-17-32(22)26)28(34)33(29(24)35)25(18-8-3-1-4-9-18)19-10-5-2-6-11-19/h1-6,8-11,13-16,22-26H,7,12,17H2,(H3,30,31)/t22-,23-,24-,26-/m0/s1. The van der Waals surface area contributed by atoms with Gasteiger partial charge in [0.2, 0.25) is 11.8 Å². The van der Waals surface area contributed by atoms with Gasteiger partial charge in [0, 0.05) is 17.6 Å². The molecule has 0 spiro atoms. The number of rotatable bonds is 5. The normalized spacial score (nSPS) is 25.8. The molecule has 3 N–H and O–H groups in total. The summed E-state index contributed by atoms with van der Waals surface area (Å²) in [5, 5.41) is 7.71. The van der Waals surface area contributed by atoms with E-state index in [4.69, 9.17) is 11.1 Å². The van der Waals surface area contributed by atoms with Crippen molar-refractivity contribution in [2.75, 3.05) is 6.54 Å². The fourth-order valence-corrected chi connectivity index (χ4v) is 6.50. The van der Waals surface area contributed by atoms with Crippen LogP contribution in [0.2, 0.25) is 0 Å². The maximum absolute atomic E-state index is 14.2. The second-order valence-electron chi connectivity index (χ2n) is 9.75. The average Bonchev–Trinajstić information content (AvgIpc) is 3.54. The summed E-state index contributed by atoms with van der Waals surface area (Å²) in [6, 6.07) is 26.8. The molecule has 3 aliphatic heterocycles. The highest BCUT2D eigenvalue weighted by atomic mass is 16.2. The maximum atomic E-state index is 14.2. The fourth-order valence-electron chi connectivity index (χ4n) is 6.50. The van der Waals surface area contributed by atoms with Crippen LogP contribution in [0.4, 0.5) is 0 Å². The predicted molar refractivity (Wildman–Crippen MR) is 133 cm³/mol. The van der Waals surface area contributed by atoms with Crippen molar-refractivity contribution in [2.24, 2.45) is 17.6 Å². The summed E-state index contributed by atoms with van der Waals surface area (Å²) in [6.45, 7) is 0.887. The molecule has 0 saturated carbocycles. The van der Waals surface area contributed by atoms with Gasteiger partial charge < -0.3 is 5.73 Å². The third kappa shape index (κ3) is 3.40. The van der Waals surface area contributed by atoms with Crippen molar-refractivity contribution in [2.45, 2.75) is 31.0 Å². The molecule has 0 aromatic heterocycles. The van der Waals surface area contributed by atoms with Gasteiger partial charge in [-0.3, -0.25) is 24.8 Å². The van der Waals surface area contributed by atoms with Crippen molar-refractivity contribution in [1.82, 2.24) is 9.80 Å². The largest absolute Gasteiger partial charge is 0.384 e. The number of hydrogen-bond donors (Lipinski definition) is 2. The Kier molecular flexibility index (Phi) is 5.26. The molecule has 3 heterocycles. The summed E-state index contributed by atoms with van der Waals surface area (Å²) in [5.74, 6) is -0.875. The summed E-state index contributed by atoms with van der Waals surface area (Å²) < 4.78 is 0. The quantitative estimate of drug-likeness (QED) is 0.341. The van der Waals surface area contributed by atoms with Crippen molar-refractivity contribution in [3.05, 3.63) is 107 Å². The van der Waals surface area contributed by atoms with Crippen LogP contribution < -0.4 is 5.73 Å². The number of benzene rings is 3. The van der Waals surface area contributed by atoms with Crippen molar-refractivity contribution in [3.63, 3.8) is 0 Å². The van der Waals surface area contributed by atoms with E-state index < -0.39 is 12.0 Å². The maximum Gasteiger partial charge on any atom is 0.235 e. The van der Waals surface area contributed by atoms with E-state index in [2.05, 4.69) is 4.90 Å². The molecule has 3 fully saturated rings. The van der Waals surface area contributed by atoms with Crippen molar-refractivity contribution in [3.8, 4) is 0 Å². The second-order valence-corrected chi connectivity index (χ2v) is 9.75. The molecular formula is C29H28N4O2. The van der Waals surface area contributed by atoms with E-state index in [9.17, 15) is 9.59 Å². The summed E-state index contributed by atoms with van der Waals surface area (Å²) in [4.78, 5) is 32.2. The topological polar surface area (TPSA) is 90.5 Å². The number of imide groups is 1. The number of carbonyl (C=O) groups excluding carboxylic acids is 2. The van der Waals surface area contributed by atoms with Gasteiger partial charge in [-0.1, -0.05) is 84.9 Å². The zero-order valence-electron chi connectivity index (χ0n) is 19.4. The van der Waals surface area contributed by atoms with Gasteiger partial charge in [-0.2, -0.15) is 0 Å². The Bertz CT molecular complexity index is 1240. The minimum Gasteiger partial charge on any atom is -0.384 e. The smallest absolute Gasteiger partial charge is 0.235 e. The molecule has 0 unspecified atom stereocenters. The third-order valence-corrected chi connectivity index (χ3v) is 7.94. The van der Waals surface area contributed by atoms with Crippen LogP contribution in [-0.4, -0.2) is 40.0 Å². The number of nitrogen functional groups attached to an aromatic ring is 1. The van der Waals surface area contributed by atoms with E-state index in [0.717, 1.165) is 36.1 Å². The summed E-state index contributed by atoms with van der Waals surface area (Å²) in [5.41, 5.74) is 9.20. The summed E-state index contributed by atoms with van der Waals surface area (Å²) in [6.07, 6.45) is 1.95. The molecule has 0 bridgehead atoms. The number of hydrogen-bond acceptors (Lipinski definition) is 4. The molecule has 176 valence electrons. The van der Waals surface area contributed by atoms with E-state index in [1.54, 1.807) is 4.90 Å². The van der Waals surface area contributed by atoms with Crippen molar-refractivity contribution >= 4 is 17.6 Å². The molecule has 3 saturated heterocycles. The minimum atomic E-state index is -0.446. The Morgan fingerprint density at radius 2 is 1.40 bits per heavy atom. The van der Waals surface area contributed by atoms with Crippen LogP contribution >= 0.6 is 0 Å². The zero-order valence-corrected chi connectivity index (χ0v) is 19.4. The first-order chi connectivity index (χ1) is 17.1. The van der Waals surface area contributed by atoms with Crippen LogP contribution in [0.1, 0.15) is 47.2 Å². The molecule has 0 radical (unpaired) electrons. The number of nitrogens with two attached hydrogens (primary N) is 1. The van der Waals surface area contributed by atoms with Gasteiger partial charge >= 0.3 is 0 Å². The third-order valence-electron chi connectivity index (χ3n) is 7.94. The number of nitrogens with one attached hydrogen (secondary N) is 1. The average molecular weight is 465 g/mol. The molecule has 4 atom stereocenters. The van der Waals surface area contributed by atoms with Gasteiger partial charge in [0.1, 0.15) is 5.84 Å². The lowest BCUT2D eigenvalue weighted by molar-refractivity contribution is -0.143. The van der Waals surface area contributed by atoms with Gasteiger partial charge in [-0.25, -0.2) is 0 Å². The Labute approximate surface area is 204 Å². The van der Waals surface area contributed by atoms with E-state index in [1.165, 1.54) is 0 Å². The molecule has 2 amide bonds. The molecule has 3 aromatic rings. The highest BCUT2D eigenvalue weighted by Gasteiger charge is 2.64. The Hall–Kier alpha value is -3.77. The van der Waals surface area contributed by atoms with Crippen LogP contribution in [0.3, 0.4) is 0 Å². The predicted octanol–water partition coefficient (Wildman–Crippen LogP) is 3.88. The molecule has 35 heavy (non-hydrogen) atoms. The van der Waals surface area contributed by atoms with E-state index in [0.29, 0.717) is 5.56 Å². The first kappa shape index (κ1) is 21.7. The molecule has 6 nitrogen and oxygen atoms in total. The number of amidine groups is 1. The number of nitrogens with zero attached hydrogens (tertiary/aromatic N) is 2. The number of fused-ring (bicyclic) bond motifs is 3. The highest BCUT2D eigenvalue weighted by molar-refractivity contribution is 6.07. The molecule has 0 aliphatic carbocycles. The van der Waals surface area contributed by atoms with Gasteiger partial charge in [0.15, 0.2) is 0 Å². The van der Waals surface area contributed by atoms with E-state index in [1.807, 2.05) is 84.9 Å². The van der Waals surface area contributed by atoms with Gasteiger partial charge in [0.25, 0.3) is 0 Å². The summed E-state index contributed by atoms with van der Waals surface area (Å²) in [7, 11) is 0. The molecule has 6 rings (SSSR count). The van der Waals surface area contributed by atoms with Crippen LogP contribution in [0, 0.1) is 17.2 Å². The van der Waals surface area contributed by atoms with Crippen molar-refractivity contribution in [1.29, 1.82) is 5.41 Å². The molecule has 3 aliphatic rings.